The highest BCUT2D eigenvalue weighted by Crippen LogP contribution is 2.21. The van der Waals surface area contributed by atoms with E-state index in [1.165, 1.54) is 54.0 Å². The minimum Gasteiger partial charge on any atom is -0.481 e. The van der Waals surface area contributed by atoms with Gasteiger partial charge in [0.05, 0.1) is 17.6 Å². The third-order valence-electron chi connectivity index (χ3n) is 4.39. The Hall–Kier alpha value is -2.78. The Morgan fingerprint density at radius 3 is 2.25 bits per heavy atom. The van der Waals surface area contributed by atoms with Crippen molar-refractivity contribution in [3.8, 4) is 5.88 Å². The lowest BCUT2D eigenvalue weighted by Crippen LogP contribution is -2.27. The molecule has 0 radical (unpaired) electrons. The number of esters is 1. The molecule has 0 amide bonds. The molecule has 0 spiro atoms. The van der Waals surface area contributed by atoms with Crippen LogP contribution in [0.1, 0.15) is 33.6 Å². The number of hydrogen-bond acceptors (Lipinski definition) is 7. The number of aromatic nitrogens is 1. The van der Waals surface area contributed by atoms with E-state index in [0.717, 1.165) is 12.8 Å². The smallest absolute Gasteiger partial charge is 0.340 e. The summed E-state index contributed by atoms with van der Waals surface area (Å²) in [6.07, 6.45) is 3.00. The molecule has 0 saturated carbocycles. The molecule has 0 N–H and O–H groups in total. The van der Waals surface area contributed by atoms with E-state index >= 15 is 0 Å². The number of sulfonamides is 1. The highest BCUT2D eigenvalue weighted by atomic mass is 32.2. The molecule has 0 aliphatic carbocycles. The maximum atomic E-state index is 12.5. The Kier molecular flexibility index (Phi) is 6.05. The van der Waals surface area contributed by atoms with E-state index in [2.05, 4.69) is 4.98 Å². The molecule has 1 aromatic carbocycles. The Morgan fingerprint density at radius 1 is 1.04 bits per heavy atom. The number of ketones is 1. The van der Waals surface area contributed by atoms with Crippen LogP contribution in [0.3, 0.4) is 0 Å². The van der Waals surface area contributed by atoms with Crippen molar-refractivity contribution in [3.63, 3.8) is 0 Å². The average molecular weight is 404 g/mol. The second-order valence-corrected chi connectivity index (χ2v) is 8.16. The average Bonchev–Trinajstić information content (AvgIpc) is 3.28. The van der Waals surface area contributed by atoms with E-state index in [1.54, 1.807) is 0 Å². The monoisotopic (exact) mass is 404 g/mol. The predicted octanol–water partition coefficient (Wildman–Crippen LogP) is 1.91. The van der Waals surface area contributed by atoms with E-state index in [-0.39, 0.29) is 16.0 Å². The summed E-state index contributed by atoms with van der Waals surface area (Å²) in [5.74, 6) is -0.756. The van der Waals surface area contributed by atoms with E-state index < -0.39 is 28.4 Å². The minimum absolute atomic E-state index is 0.146. The number of nitrogens with zero attached hydrogens (tertiary/aromatic N) is 2. The van der Waals surface area contributed by atoms with Crippen molar-refractivity contribution in [2.45, 2.75) is 17.7 Å². The highest BCUT2D eigenvalue weighted by molar-refractivity contribution is 7.89. The summed E-state index contributed by atoms with van der Waals surface area (Å²) < 4.78 is 36.3. The highest BCUT2D eigenvalue weighted by Gasteiger charge is 2.27. The Balaban J connectivity index is 1.60. The van der Waals surface area contributed by atoms with Gasteiger partial charge in [-0.1, -0.05) is 0 Å². The van der Waals surface area contributed by atoms with Crippen molar-refractivity contribution in [3.05, 3.63) is 53.7 Å². The molecule has 0 atom stereocenters. The summed E-state index contributed by atoms with van der Waals surface area (Å²) in [6.45, 7) is 0.571. The zero-order chi connectivity index (χ0) is 20.1. The van der Waals surface area contributed by atoms with Gasteiger partial charge in [0.1, 0.15) is 0 Å². The van der Waals surface area contributed by atoms with Gasteiger partial charge >= 0.3 is 5.97 Å². The van der Waals surface area contributed by atoms with Crippen molar-refractivity contribution in [2.75, 3.05) is 26.8 Å². The molecule has 8 nitrogen and oxygen atoms in total. The van der Waals surface area contributed by atoms with Crippen LogP contribution < -0.4 is 4.74 Å². The molecular weight excluding hydrogens is 384 g/mol. The first kappa shape index (κ1) is 20.0. The molecule has 2 heterocycles. The molecular formula is C19H20N2O6S. The third kappa shape index (κ3) is 4.37. The fourth-order valence-corrected chi connectivity index (χ4v) is 4.33. The van der Waals surface area contributed by atoms with Crippen LogP contribution in [0, 0.1) is 0 Å². The maximum Gasteiger partial charge on any atom is 0.340 e. The van der Waals surface area contributed by atoms with Crippen molar-refractivity contribution in [1.82, 2.24) is 9.29 Å². The van der Waals surface area contributed by atoms with Gasteiger partial charge in [0.2, 0.25) is 15.9 Å². The van der Waals surface area contributed by atoms with E-state index in [1.807, 2.05) is 0 Å². The van der Waals surface area contributed by atoms with Gasteiger partial charge in [-0.15, -0.1) is 0 Å². The Labute approximate surface area is 163 Å². The van der Waals surface area contributed by atoms with E-state index in [9.17, 15) is 18.0 Å². The van der Waals surface area contributed by atoms with Crippen LogP contribution in [0.15, 0.2) is 47.5 Å². The lowest BCUT2D eigenvalue weighted by Gasteiger charge is -2.15. The van der Waals surface area contributed by atoms with Crippen LogP contribution in [0.4, 0.5) is 0 Å². The molecule has 0 unspecified atom stereocenters. The van der Waals surface area contributed by atoms with Crippen LogP contribution >= 0.6 is 0 Å². The Morgan fingerprint density at radius 2 is 1.68 bits per heavy atom. The van der Waals surface area contributed by atoms with Gasteiger partial charge in [-0.2, -0.15) is 4.31 Å². The number of hydrogen-bond donors (Lipinski definition) is 0. The van der Waals surface area contributed by atoms with Crippen LogP contribution in [-0.4, -0.2) is 56.3 Å². The van der Waals surface area contributed by atoms with E-state index in [0.29, 0.717) is 19.0 Å². The molecule has 9 heteroatoms. The topological polar surface area (TPSA) is 103 Å². The summed E-state index contributed by atoms with van der Waals surface area (Å²) in [7, 11) is -2.07. The molecule has 1 aliphatic heterocycles. The number of methoxy groups -OCH3 is 1. The zero-order valence-corrected chi connectivity index (χ0v) is 16.1. The molecule has 2 aromatic rings. The third-order valence-corrected chi connectivity index (χ3v) is 6.31. The normalized spacial score (nSPS) is 14.6. The first-order valence-electron chi connectivity index (χ1n) is 8.72. The lowest BCUT2D eigenvalue weighted by atomic mass is 10.1. The van der Waals surface area contributed by atoms with Crippen LogP contribution in [0.5, 0.6) is 5.88 Å². The van der Waals surface area contributed by atoms with Gasteiger partial charge < -0.3 is 9.47 Å². The van der Waals surface area contributed by atoms with Gasteiger partial charge in [-0.25, -0.2) is 18.2 Å². The van der Waals surface area contributed by atoms with E-state index in [4.69, 9.17) is 9.47 Å². The largest absolute Gasteiger partial charge is 0.481 e. The molecule has 148 valence electrons. The zero-order valence-electron chi connectivity index (χ0n) is 15.3. The second-order valence-electron chi connectivity index (χ2n) is 6.22. The van der Waals surface area contributed by atoms with Crippen molar-refractivity contribution >= 4 is 21.8 Å². The first-order valence-corrected chi connectivity index (χ1v) is 10.2. The standard InChI is InChI=1S/C19H20N2O6S/c1-26-18-9-6-15(12-20-18)19(23)27-13-17(22)14-4-7-16(8-5-14)28(24,25)21-10-2-3-11-21/h4-9,12H,2-3,10-11,13H2,1H3. The number of pyridine rings is 1. The van der Waals surface area contributed by atoms with Crippen LogP contribution in [-0.2, 0) is 14.8 Å². The molecule has 3 rings (SSSR count). The van der Waals surface area contributed by atoms with Crippen LogP contribution in [0.25, 0.3) is 0 Å². The number of Topliss-reactive ketones (excluding diaryl/α,β-unsaturated/α-hetero) is 1. The molecule has 1 saturated heterocycles. The number of benzene rings is 1. The fourth-order valence-electron chi connectivity index (χ4n) is 2.81. The minimum atomic E-state index is -3.53. The van der Waals surface area contributed by atoms with Gasteiger partial charge in [0.15, 0.2) is 12.4 Å². The van der Waals surface area contributed by atoms with Crippen molar-refractivity contribution in [1.29, 1.82) is 0 Å². The summed E-state index contributed by atoms with van der Waals surface area (Å²) >= 11 is 0. The SMILES string of the molecule is COc1ccc(C(=O)OCC(=O)c2ccc(S(=O)(=O)N3CCCC3)cc2)cn1. The predicted molar refractivity (Wildman–Crippen MR) is 99.8 cm³/mol. The number of carbonyl (C=O) groups excluding carboxylic acids is 2. The maximum absolute atomic E-state index is 12.5. The first-order chi connectivity index (χ1) is 13.4. The lowest BCUT2D eigenvalue weighted by molar-refractivity contribution is 0.0474. The van der Waals surface area contributed by atoms with Gasteiger partial charge in [0, 0.05) is 30.9 Å². The van der Waals surface area contributed by atoms with Gasteiger partial charge in [-0.05, 0) is 43.2 Å². The molecule has 1 fully saturated rings. The number of ether oxygens (including phenoxy) is 2. The van der Waals surface area contributed by atoms with Gasteiger partial charge in [-0.3, -0.25) is 4.79 Å². The molecule has 1 aliphatic rings. The summed E-state index contributed by atoms with van der Waals surface area (Å²) in [5.41, 5.74) is 0.460. The van der Waals surface area contributed by atoms with Crippen molar-refractivity contribution in [2.24, 2.45) is 0 Å². The molecule has 1 aromatic heterocycles. The number of rotatable bonds is 7. The summed E-state index contributed by atoms with van der Waals surface area (Å²) in [5, 5.41) is 0. The van der Waals surface area contributed by atoms with Crippen molar-refractivity contribution < 1.29 is 27.5 Å². The summed E-state index contributed by atoms with van der Waals surface area (Å²) in [4.78, 5) is 28.2. The quantitative estimate of drug-likeness (QED) is 0.513. The van der Waals surface area contributed by atoms with Gasteiger partial charge in [0.25, 0.3) is 0 Å². The molecule has 0 bridgehead atoms. The second kappa shape index (κ2) is 8.49. The van der Waals surface area contributed by atoms with Crippen LogP contribution in [0.2, 0.25) is 0 Å². The summed E-state index contributed by atoms with van der Waals surface area (Å²) in [6, 6.07) is 8.64. The number of carbonyl (C=O) groups is 2. The Bertz CT molecular complexity index is 949. The molecule has 28 heavy (non-hydrogen) atoms. The fraction of sp³-hybridized carbons (Fsp3) is 0.316.